The van der Waals surface area contributed by atoms with Crippen LogP contribution in [-0.4, -0.2) is 47.3 Å². The zero-order valence-corrected chi connectivity index (χ0v) is 16.7. The molecule has 2 heterocycles. The van der Waals surface area contributed by atoms with Crippen LogP contribution in [0.4, 0.5) is 11.5 Å². The van der Waals surface area contributed by atoms with Crippen LogP contribution in [0.15, 0.2) is 41.7 Å². The maximum Gasteiger partial charge on any atom is 0.338 e. The van der Waals surface area contributed by atoms with Gasteiger partial charge in [0.15, 0.2) is 0 Å². The molecule has 1 N–H and O–H groups in total. The van der Waals surface area contributed by atoms with Gasteiger partial charge in [0.1, 0.15) is 17.2 Å². The summed E-state index contributed by atoms with van der Waals surface area (Å²) in [6, 6.07) is 8.59. The first-order valence-electron chi connectivity index (χ1n) is 9.42. The van der Waals surface area contributed by atoms with Crippen molar-refractivity contribution in [2.45, 2.75) is 31.2 Å². The van der Waals surface area contributed by atoms with Gasteiger partial charge in [-0.1, -0.05) is 11.8 Å². The highest BCUT2D eigenvalue weighted by atomic mass is 32.2. The van der Waals surface area contributed by atoms with Crippen LogP contribution in [-0.2, 0) is 9.53 Å². The molecule has 0 unspecified atom stereocenters. The number of piperidine rings is 1. The third-order valence-corrected chi connectivity index (χ3v) is 5.26. The van der Waals surface area contributed by atoms with Crippen molar-refractivity contribution >= 4 is 35.1 Å². The van der Waals surface area contributed by atoms with E-state index in [0.717, 1.165) is 23.9 Å². The Labute approximate surface area is 168 Å². The van der Waals surface area contributed by atoms with Gasteiger partial charge in [-0.05, 0) is 50.5 Å². The zero-order valence-electron chi connectivity index (χ0n) is 15.9. The predicted octanol–water partition coefficient (Wildman–Crippen LogP) is 3.37. The van der Waals surface area contributed by atoms with Gasteiger partial charge in [0.05, 0.1) is 17.9 Å². The van der Waals surface area contributed by atoms with E-state index >= 15 is 0 Å². The first kappa shape index (κ1) is 20.1. The second-order valence-electron chi connectivity index (χ2n) is 6.40. The van der Waals surface area contributed by atoms with Gasteiger partial charge in [0.2, 0.25) is 5.91 Å². The van der Waals surface area contributed by atoms with Gasteiger partial charge < -0.3 is 15.0 Å². The first-order valence-corrected chi connectivity index (χ1v) is 10.4. The van der Waals surface area contributed by atoms with Crippen molar-refractivity contribution in [2.24, 2.45) is 0 Å². The lowest BCUT2D eigenvalue weighted by atomic mass is 10.1. The number of esters is 1. The molecular weight excluding hydrogens is 376 g/mol. The van der Waals surface area contributed by atoms with Crippen molar-refractivity contribution < 1.29 is 14.3 Å². The Kier molecular flexibility index (Phi) is 7.25. The molecule has 28 heavy (non-hydrogen) atoms. The van der Waals surface area contributed by atoms with Crippen molar-refractivity contribution in [3.8, 4) is 0 Å². The molecule has 3 rings (SSSR count). The SMILES string of the molecule is CCOC(=O)c1ccc(NC(=O)CSc2cc(N3CCCCC3)ncn2)cc1. The number of thioether (sulfide) groups is 1. The summed E-state index contributed by atoms with van der Waals surface area (Å²) in [4.78, 5) is 34.7. The number of anilines is 2. The van der Waals surface area contributed by atoms with Crippen molar-refractivity contribution in [3.63, 3.8) is 0 Å². The molecule has 148 valence electrons. The number of carbonyl (C=O) groups is 2. The summed E-state index contributed by atoms with van der Waals surface area (Å²) >= 11 is 1.38. The summed E-state index contributed by atoms with van der Waals surface area (Å²) in [5, 5.41) is 3.60. The molecule has 2 aromatic rings. The largest absolute Gasteiger partial charge is 0.462 e. The highest BCUT2D eigenvalue weighted by molar-refractivity contribution is 7.99. The Balaban J connectivity index is 1.51. The molecule has 0 saturated carbocycles. The fourth-order valence-electron chi connectivity index (χ4n) is 2.95. The lowest BCUT2D eigenvalue weighted by Gasteiger charge is -2.27. The van der Waals surface area contributed by atoms with E-state index in [2.05, 4.69) is 20.2 Å². The number of benzene rings is 1. The predicted molar refractivity (Wildman–Crippen MR) is 110 cm³/mol. The molecule has 8 heteroatoms. The average molecular weight is 401 g/mol. The molecule has 1 aliphatic heterocycles. The molecule has 0 radical (unpaired) electrons. The standard InChI is InChI=1S/C20H24N4O3S/c1-2-27-20(26)15-6-8-16(9-7-15)23-18(25)13-28-19-12-17(21-14-22-19)24-10-4-3-5-11-24/h6-9,12,14H,2-5,10-11,13H2,1H3,(H,23,25). The number of nitrogens with zero attached hydrogens (tertiary/aromatic N) is 3. The fraction of sp³-hybridized carbons (Fsp3) is 0.400. The molecule has 0 spiro atoms. The van der Waals surface area contributed by atoms with Crippen LogP contribution in [0.2, 0.25) is 0 Å². The van der Waals surface area contributed by atoms with Crippen molar-refractivity contribution in [1.82, 2.24) is 9.97 Å². The summed E-state index contributed by atoms with van der Waals surface area (Å²) in [6.45, 7) is 4.13. The van der Waals surface area contributed by atoms with Crippen LogP contribution in [0.3, 0.4) is 0 Å². The third kappa shape index (κ3) is 5.69. The van der Waals surface area contributed by atoms with Gasteiger partial charge in [0, 0.05) is 24.8 Å². The number of ether oxygens (including phenoxy) is 1. The smallest absolute Gasteiger partial charge is 0.338 e. The van der Waals surface area contributed by atoms with Crippen LogP contribution >= 0.6 is 11.8 Å². The van der Waals surface area contributed by atoms with Crippen LogP contribution in [0.5, 0.6) is 0 Å². The summed E-state index contributed by atoms with van der Waals surface area (Å²) in [5.41, 5.74) is 1.09. The molecule has 0 bridgehead atoms. The molecule has 0 atom stereocenters. The highest BCUT2D eigenvalue weighted by Gasteiger charge is 2.13. The van der Waals surface area contributed by atoms with Crippen molar-refractivity contribution in [2.75, 3.05) is 35.7 Å². The van der Waals surface area contributed by atoms with E-state index in [1.165, 1.54) is 31.0 Å². The van der Waals surface area contributed by atoms with Gasteiger partial charge in [-0.2, -0.15) is 0 Å². The van der Waals surface area contributed by atoms with Gasteiger partial charge in [0.25, 0.3) is 0 Å². The Bertz CT molecular complexity index is 807. The lowest BCUT2D eigenvalue weighted by molar-refractivity contribution is -0.113. The minimum Gasteiger partial charge on any atom is -0.462 e. The topological polar surface area (TPSA) is 84.4 Å². The first-order chi connectivity index (χ1) is 13.7. The second-order valence-corrected chi connectivity index (χ2v) is 7.39. The maximum absolute atomic E-state index is 12.2. The Morgan fingerprint density at radius 3 is 2.61 bits per heavy atom. The summed E-state index contributed by atoms with van der Waals surface area (Å²) < 4.78 is 4.94. The van der Waals surface area contributed by atoms with Crippen LogP contribution in [0.1, 0.15) is 36.5 Å². The quantitative estimate of drug-likeness (QED) is 0.433. The minimum absolute atomic E-state index is 0.132. The van der Waals surface area contributed by atoms with E-state index in [1.54, 1.807) is 37.5 Å². The van der Waals surface area contributed by atoms with Crippen molar-refractivity contribution in [3.05, 3.63) is 42.2 Å². The van der Waals surface area contributed by atoms with E-state index < -0.39 is 0 Å². The average Bonchev–Trinajstić information content (AvgIpc) is 2.74. The van der Waals surface area contributed by atoms with Crippen LogP contribution < -0.4 is 10.2 Å². The van der Waals surface area contributed by atoms with E-state index in [0.29, 0.717) is 17.9 Å². The maximum atomic E-state index is 12.2. The minimum atomic E-state index is -0.371. The van der Waals surface area contributed by atoms with E-state index in [-0.39, 0.29) is 17.6 Å². The van der Waals surface area contributed by atoms with Gasteiger partial charge in [-0.15, -0.1) is 0 Å². The monoisotopic (exact) mass is 400 g/mol. The van der Waals surface area contributed by atoms with Crippen LogP contribution in [0, 0.1) is 0 Å². The van der Waals surface area contributed by atoms with Crippen LogP contribution in [0.25, 0.3) is 0 Å². The summed E-state index contributed by atoms with van der Waals surface area (Å²) in [6.07, 6.45) is 5.19. The number of hydrogen-bond acceptors (Lipinski definition) is 7. The molecule has 1 amide bonds. The number of aromatic nitrogens is 2. The lowest BCUT2D eigenvalue weighted by Crippen LogP contribution is -2.30. The van der Waals surface area contributed by atoms with E-state index in [9.17, 15) is 9.59 Å². The fourth-order valence-corrected chi connectivity index (χ4v) is 3.61. The highest BCUT2D eigenvalue weighted by Crippen LogP contribution is 2.22. The molecular formula is C20H24N4O3S. The Morgan fingerprint density at radius 2 is 1.89 bits per heavy atom. The van der Waals surface area contributed by atoms with Gasteiger partial charge in [-0.25, -0.2) is 14.8 Å². The van der Waals surface area contributed by atoms with E-state index in [1.807, 2.05) is 6.07 Å². The van der Waals surface area contributed by atoms with Gasteiger partial charge in [-0.3, -0.25) is 4.79 Å². The zero-order chi connectivity index (χ0) is 19.8. The second kappa shape index (κ2) is 10.1. The molecule has 1 fully saturated rings. The number of amides is 1. The van der Waals surface area contributed by atoms with Gasteiger partial charge >= 0.3 is 5.97 Å². The molecule has 0 aliphatic carbocycles. The third-order valence-electron chi connectivity index (χ3n) is 4.34. The number of hydrogen-bond donors (Lipinski definition) is 1. The summed E-state index contributed by atoms with van der Waals surface area (Å²) in [5.74, 6) is 0.666. The number of carbonyl (C=O) groups excluding carboxylic acids is 2. The molecule has 7 nitrogen and oxygen atoms in total. The summed E-state index contributed by atoms with van der Waals surface area (Å²) in [7, 11) is 0. The number of rotatable bonds is 7. The Hall–Kier alpha value is -2.61. The molecule has 1 saturated heterocycles. The van der Waals surface area contributed by atoms with E-state index in [4.69, 9.17) is 4.74 Å². The Morgan fingerprint density at radius 1 is 1.14 bits per heavy atom. The number of nitrogens with one attached hydrogen (secondary N) is 1. The molecule has 1 aromatic carbocycles. The normalized spacial score (nSPS) is 13.8. The molecule has 1 aliphatic rings. The van der Waals surface area contributed by atoms with Crippen molar-refractivity contribution in [1.29, 1.82) is 0 Å². The molecule has 1 aromatic heterocycles.